The van der Waals surface area contributed by atoms with Gasteiger partial charge in [0.05, 0.1) is 0 Å². The molecule has 1 saturated heterocycles. The van der Waals surface area contributed by atoms with Crippen LogP contribution in [0.3, 0.4) is 0 Å². The average Bonchev–Trinajstić information content (AvgIpc) is 2.11. The molecule has 0 saturated carbocycles. The average molecular weight is 142 g/mol. The summed E-state index contributed by atoms with van der Waals surface area (Å²) in [5, 5.41) is 0. The summed E-state index contributed by atoms with van der Waals surface area (Å²) in [4.78, 5) is 2.35. The molecule has 10 heavy (non-hydrogen) atoms. The van der Waals surface area contributed by atoms with E-state index in [-0.39, 0.29) is 5.54 Å². The highest BCUT2D eigenvalue weighted by molar-refractivity contribution is 4.88. The van der Waals surface area contributed by atoms with Crippen molar-refractivity contribution in [3.8, 4) is 0 Å². The van der Waals surface area contributed by atoms with Gasteiger partial charge in [-0.2, -0.15) is 0 Å². The fourth-order valence-corrected chi connectivity index (χ4v) is 1.54. The number of hydrogen-bond donors (Lipinski definition) is 1. The second kappa shape index (κ2) is 2.51. The summed E-state index contributed by atoms with van der Waals surface area (Å²) >= 11 is 0. The molecule has 0 amide bonds. The van der Waals surface area contributed by atoms with E-state index in [1.54, 1.807) is 0 Å². The Bertz CT molecular complexity index is 115. The summed E-state index contributed by atoms with van der Waals surface area (Å²) in [6.45, 7) is 6.63. The SMILES string of the molecule is CN1CC[C@@H](C(C)(C)N)C1. The van der Waals surface area contributed by atoms with E-state index in [0.717, 1.165) is 0 Å². The van der Waals surface area contributed by atoms with Gasteiger partial charge in [0.1, 0.15) is 0 Å². The lowest BCUT2D eigenvalue weighted by atomic mass is 9.88. The molecule has 2 N–H and O–H groups in total. The fourth-order valence-electron chi connectivity index (χ4n) is 1.54. The van der Waals surface area contributed by atoms with Gasteiger partial charge in [-0.1, -0.05) is 0 Å². The molecule has 60 valence electrons. The molecule has 1 aliphatic heterocycles. The van der Waals surface area contributed by atoms with Crippen molar-refractivity contribution in [2.45, 2.75) is 25.8 Å². The fraction of sp³-hybridized carbons (Fsp3) is 1.00. The van der Waals surface area contributed by atoms with E-state index in [0.29, 0.717) is 5.92 Å². The Kier molecular flexibility index (Phi) is 2.02. The van der Waals surface area contributed by atoms with E-state index in [4.69, 9.17) is 5.73 Å². The minimum absolute atomic E-state index is 0.0186. The van der Waals surface area contributed by atoms with Crippen LogP contribution in [0.1, 0.15) is 20.3 Å². The minimum Gasteiger partial charge on any atom is -0.325 e. The Morgan fingerprint density at radius 2 is 2.10 bits per heavy atom. The van der Waals surface area contributed by atoms with Crippen LogP contribution in [0.4, 0.5) is 0 Å². The van der Waals surface area contributed by atoms with Crippen molar-refractivity contribution in [3.05, 3.63) is 0 Å². The molecule has 1 heterocycles. The maximum atomic E-state index is 5.98. The topological polar surface area (TPSA) is 29.3 Å². The first-order valence-corrected chi connectivity index (χ1v) is 3.97. The van der Waals surface area contributed by atoms with Crippen LogP contribution in [0.25, 0.3) is 0 Å². The second-order valence-corrected chi connectivity index (χ2v) is 4.07. The van der Waals surface area contributed by atoms with Gasteiger partial charge in [-0.15, -0.1) is 0 Å². The van der Waals surface area contributed by atoms with Crippen LogP contribution in [0.5, 0.6) is 0 Å². The summed E-state index contributed by atoms with van der Waals surface area (Å²) in [5.41, 5.74) is 5.99. The van der Waals surface area contributed by atoms with Crippen LogP contribution in [-0.4, -0.2) is 30.6 Å². The summed E-state index contributed by atoms with van der Waals surface area (Å²) < 4.78 is 0. The Balaban J connectivity index is 2.45. The summed E-state index contributed by atoms with van der Waals surface area (Å²) in [5.74, 6) is 0.692. The molecule has 1 atom stereocenters. The number of nitrogens with two attached hydrogens (primary N) is 1. The summed E-state index contributed by atoms with van der Waals surface area (Å²) in [6, 6.07) is 0. The quantitative estimate of drug-likeness (QED) is 0.583. The van der Waals surface area contributed by atoms with Gasteiger partial charge in [0.15, 0.2) is 0 Å². The molecule has 0 radical (unpaired) electrons. The van der Waals surface area contributed by atoms with Crippen LogP contribution in [0, 0.1) is 5.92 Å². The Labute approximate surface area is 63.4 Å². The lowest BCUT2D eigenvalue weighted by Gasteiger charge is -2.26. The van der Waals surface area contributed by atoms with E-state index in [9.17, 15) is 0 Å². The zero-order valence-corrected chi connectivity index (χ0v) is 7.22. The maximum absolute atomic E-state index is 5.98. The molecule has 1 fully saturated rings. The van der Waals surface area contributed by atoms with Crippen molar-refractivity contribution in [3.63, 3.8) is 0 Å². The molecule has 0 spiro atoms. The zero-order chi connectivity index (χ0) is 7.78. The molecular formula is C8H18N2. The summed E-state index contributed by atoms with van der Waals surface area (Å²) in [6.07, 6.45) is 1.26. The van der Waals surface area contributed by atoms with Gasteiger partial charge >= 0.3 is 0 Å². The molecule has 0 unspecified atom stereocenters. The van der Waals surface area contributed by atoms with Crippen molar-refractivity contribution in [2.24, 2.45) is 11.7 Å². The van der Waals surface area contributed by atoms with Gasteiger partial charge < -0.3 is 10.6 Å². The van der Waals surface area contributed by atoms with Crippen LogP contribution in [-0.2, 0) is 0 Å². The van der Waals surface area contributed by atoms with E-state index in [2.05, 4.69) is 25.8 Å². The zero-order valence-electron chi connectivity index (χ0n) is 7.22. The molecule has 0 aromatic heterocycles. The highest BCUT2D eigenvalue weighted by atomic mass is 15.1. The third kappa shape index (κ3) is 1.70. The van der Waals surface area contributed by atoms with Crippen LogP contribution in [0.15, 0.2) is 0 Å². The van der Waals surface area contributed by atoms with E-state index >= 15 is 0 Å². The van der Waals surface area contributed by atoms with Crippen molar-refractivity contribution in [1.82, 2.24) is 4.90 Å². The summed E-state index contributed by atoms with van der Waals surface area (Å²) in [7, 11) is 2.16. The molecule has 0 bridgehead atoms. The standard InChI is InChI=1S/C8H18N2/c1-8(2,9)7-4-5-10(3)6-7/h7H,4-6,9H2,1-3H3/t7-/m1/s1. The van der Waals surface area contributed by atoms with Crippen LogP contribution < -0.4 is 5.73 Å². The van der Waals surface area contributed by atoms with Crippen molar-refractivity contribution in [1.29, 1.82) is 0 Å². The highest BCUT2D eigenvalue weighted by Crippen LogP contribution is 2.23. The third-order valence-corrected chi connectivity index (χ3v) is 2.44. The van der Waals surface area contributed by atoms with Gasteiger partial charge in [0.25, 0.3) is 0 Å². The molecular weight excluding hydrogens is 124 g/mol. The number of hydrogen-bond acceptors (Lipinski definition) is 2. The molecule has 0 aromatic rings. The van der Waals surface area contributed by atoms with Gasteiger partial charge in [-0.3, -0.25) is 0 Å². The molecule has 2 heteroatoms. The Hall–Kier alpha value is -0.0800. The van der Waals surface area contributed by atoms with Crippen LogP contribution in [0.2, 0.25) is 0 Å². The molecule has 1 rings (SSSR count). The van der Waals surface area contributed by atoms with Crippen molar-refractivity contribution >= 4 is 0 Å². The smallest absolute Gasteiger partial charge is 0.0138 e. The Morgan fingerprint density at radius 3 is 2.30 bits per heavy atom. The second-order valence-electron chi connectivity index (χ2n) is 4.07. The Morgan fingerprint density at radius 1 is 1.50 bits per heavy atom. The number of nitrogens with zero attached hydrogens (tertiary/aromatic N) is 1. The van der Waals surface area contributed by atoms with Gasteiger partial charge in [-0.05, 0) is 39.8 Å². The normalized spacial score (nSPS) is 29.4. The van der Waals surface area contributed by atoms with Crippen molar-refractivity contribution < 1.29 is 0 Å². The molecule has 0 aromatic carbocycles. The molecule has 0 aliphatic carbocycles. The monoisotopic (exact) mass is 142 g/mol. The predicted octanol–water partition coefficient (Wildman–Crippen LogP) is 0.675. The van der Waals surface area contributed by atoms with Gasteiger partial charge in [0.2, 0.25) is 0 Å². The third-order valence-electron chi connectivity index (χ3n) is 2.44. The first kappa shape index (κ1) is 8.02. The first-order valence-electron chi connectivity index (χ1n) is 3.97. The number of rotatable bonds is 1. The van der Waals surface area contributed by atoms with E-state index in [1.165, 1.54) is 19.5 Å². The molecule has 1 aliphatic rings. The largest absolute Gasteiger partial charge is 0.325 e. The van der Waals surface area contributed by atoms with E-state index < -0.39 is 0 Å². The van der Waals surface area contributed by atoms with Crippen molar-refractivity contribution in [2.75, 3.05) is 20.1 Å². The lowest BCUT2D eigenvalue weighted by Crippen LogP contribution is -2.41. The maximum Gasteiger partial charge on any atom is 0.0138 e. The highest BCUT2D eigenvalue weighted by Gasteiger charge is 2.30. The lowest BCUT2D eigenvalue weighted by molar-refractivity contribution is 0.310. The van der Waals surface area contributed by atoms with E-state index in [1.807, 2.05) is 0 Å². The van der Waals surface area contributed by atoms with Gasteiger partial charge in [0, 0.05) is 12.1 Å². The first-order chi connectivity index (χ1) is 4.50. The minimum atomic E-state index is 0.0186. The number of likely N-dealkylation sites (tertiary alicyclic amines) is 1. The molecule has 2 nitrogen and oxygen atoms in total. The predicted molar refractivity (Wildman–Crippen MR) is 43.9 cm³/mol. The van der Waals surface area contributed by atoms with Crippen LogP contribution >= 0.6 is 0 Å². The van der Waals surface area contributed by atoms with Gasteiger partial charge in [-0.25, -0.2) is 0 Å².